The van der Waals surface area contributed by atoms with Crippen LogP contribution in [-0.2, 0) is 18.2 Å². The average Bonchev–Trinajstić information content (AvgIpc) is 2.26. The average molecular weight is 288 g/mol. The molecule has 0 aromatic heterocycles. The van der Waals surface area contributed by atoms with Crippen LogP contribution in [-0.4, -0.2) is 28.9 Å². The van der Waals surface area contributed by atoms with Gasteiger partial charge in [0.2, 0.25) is 0 Å². The summed E-state index contributed by atoms with van der Waals surface area (Å²) in [6.07, 6.45) is 1.18. The molecule has 0 spiro atoms. The predicted octanol–water partition coefficient (Wildman–Crippen LogP) is 2.95. The fraction of sp³-hybridized carbons (Fsp3) is 1.00. The molecule has 0 bridgehead atoms. The van der Waals surface area contributed by atoms with Gasteiger partial charge in [-0.2, -0.15) is 0 Å². The molecule has 0 aliphatic heterocycles. The second-order valence-electron chi connectivity index (χ2n) is 3.89. The molecule has 8 heteroatoms. The maximum absolute atomic E-state index is 12.5. The summed E-state index contributed by atoms with van der Waals surface area (Å²) in [6.45, 7) is 3.55. The molecule has 17 heavy (non-hydrogen) atoms. The number of hydrogen-bond donors (Lipinski definition) is 2. The third kappa shape index (κ3) is 3.19. The highest BCUT2D eigenvalue weighted by Crippen LogP contribution is 2.76. The van der Waals surface area contributed by atoms with Crippen molar-refractivity contribution in [2.45, 2.75) is 44.4 Å². The summed E-state index contributed by atoms with van der Waals surface area (Å²) < 4.78 is 33.9. The van der Waals surface area contributed by atoms with Gasteiger partial charge in [0.25, 0.3) is 0 Å². The van der Waals surface area contributed by atoms with Crippen molar-refractivity contribution in [1.29, 1.82) is 0 Å². The lowest BCUT2D eigenvalue weighted by molar-refractivity contribution is 0.238. The third-order valence-electron chi connectivity index (χ3n) is 2.83. The molecule has 0 atom stereocenters. The molecule has 0 fully saturated rings. The summed E-state index contributed by atoms with van der Waals surface area (Å²) >= 11 is 0. The van der Waals surface area contributed by atoms with Crippen molar-refractivity contribution >= 4 is 15.2 Å². The summed E-state index contributed by atoms with van der Waals surface area (Å²) in [5.41, 5.74) is 0. The van der Waals surface area contributed by atoms with E-state index in [1.54, 1.807) is 13.8 Å². The van der Waals surface area contributed by atoms with Crippen molar-refractivity contribution in [2.24, 2.45) is 0 Å². The normalized spacial score (nSPS) is 14.0. The molecule has 0 rings (SSSR count). The van der Waals surface area contributed by atoms with E-state index >= 15 is 0 Å². The zero-order valence-electron chi connectivity index (χ0n) is 10.8. The largest absolute Gasteiger partial charge is 0.348 e. The van der Waals surface area contributed by atoms with Crippen LogP contribution in [0.2, 0.25) is 0 Å². The molecule has 0 radical (unpaired) electrons. The second-order valence-corrected chi connectivity index (χ2v) is 8.77. The van der Waals surface area contributed by atoms with Crippen LogP contribution in [0.25, 0.3) is 0 Å². The van der Waals surface area contributed by atoms with Gasteiger partial charge in [-0.1, -0.05) is 26.7 Å². The van der Waals surface area contributed by atoms with E-state index < -0.39 is 20.1 Å². The van der Waals surface area contributed by atoms with Crippen molar-refractivity contribution in [2.75, 3.05) is 14.2 Å². The van der Waals surface area contributed by atoms with Gasteiger partial charge >= 0.3 is 15.2 Å². The van der Waals surface area contributed by atoms with Crippen LogP contribution in [0, 0.1) is 0 Å². The van der Waals surface area contributed by atoms with Gasteiger partial charge in [0.05, 0.1) is 0 Å². The van der Waals surface area contributed by atoms with Gasteiger partial charge in [0.1, 0.15) is 0 Å². The monoisotopic (exact) mass is 288 g/mol. The Morgan fingerprint density at radius 2 is 1.35 bits per heavy atom. The molecule has 104 valence electrons. The van der Waals surface area contributed by atoms with E-state index in [1.807, 2.05) is 0 Å². The van der Waals surface area contributed by atoms with Crippen molar-refractivity contribution in [3.63, 3.8) is 0 Å². The standard InChI is InChI=1S/C9H22O6P2/c1-5-7-9(8-6-2,16(10,11)12)17(13,14-3)15-4/h5-8H2,1-4H3,(H2,10,11,12). The minimum Gasteiger partial charge on any atom is -0.324 e. The number of hydrogen-bond acceptors (Lipinski definition) is 4. The van der Waals surface area contributed by atoms with Crippen LogP contribution in [0.3, 0.4) is 0 Å². The van der Waals surface area contributed by atoms with Gasteiger partial charge in [0, 0.05) is 14.2 Å². The summed E-state index contributed by atoms with van der Waals surface area (Å²) in [5, 5.41) is 0. The topological polar surface area (TPSA) is 93.1 Å². The van der Waals surface area contributed by atoms with Gasteiger partial charge < -0.3 is 18.8 Å². The smallest absolute Gasteiger partial charge is 0.324 e. The highest BCUT2D eigenvalue weighted by molar-refractivity contribution is 7.73. The summed E-state index contributed by atoms with van der Waals surface area (Å²) in [4.78, 5) is 17.4. The Bertz CT molecular complexity index is 309. The fourth-order valence-corrected chi connectivity index (χ4v) is 6.68. The lowest BCUT2D eigenvalue weighted by atomic mass is 10.1. The van der Waals surface area contributed by atoms with E-state index in [2.05, 4.69) is 0 Å². The molecular formula is C9H22O6P2. The molecule has 0 amide bonds. The maximum atomic E-state index is 12.5. The molecule has 0 unspecified atom stereocenters. The summed E-state index contributed by atoms with van der Waals surface area (Å²) in [5.74, 6) is 0. The van der Waals surface area contributed by atoms with E-state index in [1.165, 1.54) is 0 Å². The van der Waals surface area contributed by atoms with Crippen LogP contribution in [0.5, 0.6) is 0 Å². The summed E-state index contributed by atoms with van der Waals surface area (Å²) in [6, 6.07) is 0. The van der Waals surface area contributed by atoms with E-state index in [4.69, 9.17) is 9.05 Å². The molecule has 0 saturated heterocycles. The van der Waals surface area contributed by atoms with E-state index in [9.17, 15) is 18.9 Å². The van der Waals surface area contributed by atoms with Gasteiger partial charge in [-0.15, -0.1) is 0 Å². The van der Waals surface area contributed by atoms with Crippen LogP contribution < -0.4 is 0 Å². The molecule has 2 N–H and O–H groups in total. The Morgan fingerprint density at radius 1 is 1.00 bits per heavy atom. The van der Waals surface area contributed by atoms with Crippen molar-refractivity contribution in [1.82, 2.24) is 0 Å². The third-order valence-corrected chi connectivity index (χ3v) is 8.31. The molecule has 6 nitrogen and oxygen atoms in total. The van der Waals surface area contributed by atoms with Gasteiger partial charge in [0.15, 0.2) is 4.90 Å². The van der Waals surface area contributed by atoms with Crippen LogP contribution in [0.1, 0.15) is 39.5 Å². The SMILES string of the molecule is CCCC(CCC)(P(=O)(O)O)P(=O)(OC)OC. The molecular weight excluding hydrogens is 266 g/mol. The predicted molar refractivity (Wildman–Crippen MR) is 66.2 cm³/mol. The van der Waals surface area contributed by atoms with Crippen molar-refractivity contribution < 1.29 is 28.0 Å². The minimum atomic E-state index is -4.61. The first-order valence-electron chi connectivity index (χ1n) is 5.52. The Labute approximate surface area is 102 Å². The van der Waals surface area contributed by atoms with Crippen LogP contribution in [0.4, 0.5) is 0 Å². The first-order valence-corrected chi connectivity index (χ1v) is 8.67. The zero-order valence-corrected chi connectivity index (χ0v) is 12.5. The summed E-state index contributed by atoms with van der Waals surface area (Å²) in [7, 11) is -6.14. The van der Waals surface area contributed by atoms with Crippen LogP contribution >= 0.6 is 15.2 Å². The first kappa shape index (κ1) is 17.3. The highest BCUT2D eigenvalue weighted by Gasteiger charge is 2.60. The van der Waals surface area contributed by atoms with E-state index in [-0.39, 0.29) is 12.8 Å². The van der Waals surface area contributed by atoms with Gasteiger partial charge in [-0.25, -0.2) is 0 Å². The first-order chi connectivity index (χ1) is 7.74. The lowest BCUT2D eigenvalue weighted by Crippen LogP contribution is -2.30. The Hall–Kier alpha value is 0.300. The Morgan fingerprint density at radius 3 is 1.53 bits per heavy atom. The van der Waals surface area contributed by atoms with E-state index in [0.717, 1.165) is 14.2 Å². The highest BCUT2D eigenvalue weighted by atomic mass is 31.2. The molecule has 0 aliphatic rings. The fourth-order valence-electron chi connectivity index (χ4n) is 2.06. The molecule has 0 heterocycles. The second kappa shape index (κ2) is 6.46. The maximum Gasteiger partial charge on any atom is 0.348 e. The van der Waals surface area contributed by atoms with Crippen molar-refractivity contribution in [3.8, 4) is 0 Å². The quantitative estimate of drug-likeness (QED) is 0.667. The zero-order chi connectivity index (χ0) is 13.7. The minimum absolute atomic E-state index is 0.101. The molecule has 0 aliphatic carbocycles. The lowest BCUT2D eigenvalue weighted by Gasteiger charge is -2.37. The van der Waals surface area contributed by atoms with Crippen molar-refractivity contribution in [3.05, 3.63) is 0 Å². The van der Waals surface area contributed by atoms with Gasteiger partial charge in [-0.05, 0) is 12.8 Å². The Balaban J connectivity index is 5.79. The van der Waals surface area contributed by atoms with Crippen LogP contribution in [0.15, 0.2) is 0 Å². The van der Waals surface area contributed by atoms with E-state index in [0.29, 0.717) is 12.8 Å². The molecule has 0 aromatic carbocycles. The van der Waals surface area contributed by atoms with Gasteiger partial charge in [-0.3, -0.25) is 9.13 Å². The molecule has 0 aromatic rings. The number of rotatable bonds is 8. The molecule has 0 saturated carbocycles. The Kier molecular flexibility index (Phi) is 6.58.